The zero-order chi connectivity index (χ0) is 19.9. The summed E-state index contributed by atoms with van der Waals surface area (Å²) in [5.41, 5.74) is 5.63. The predicted molar refractivity (Wildman–Crippen MR) is 119 cm³/mol. The van der Waals surface area contributed by atoms with E-state index in [2.05, 4.69) is 94.8 Å². The van der Waals surface area contributed by atoms with Gasteiger partial charge in [0.2, 0.25) is 5.95 Å². The van der Waals surface area contributed by atoms with Crippen molar-refractivity contribution in [1.82, 2.24) is 9.97 Å². The number of benzene rings is 2. The summed E-state index contributed by atoms with van der Waals surface area (Å²) in [7, 11) is 0. The van der Waals surface area contributed by atoms with Gasteiger partial charge < -0.3 is 15.5 Å². The van der Waals surface area contributed by atoms with E-state index in [1.54, 1.807) is 0 Å². The molecule has 1 aromatic heterocycles. The molecule has 5 nitrogen and oxygen atoms in total. The highest BCUT2D eigenvalue weighted by Gasteiger charge is 2.05. The largest absolute Gasteiger partial charge is 0.372 e. The second-order valence-corrected chi connectivity index (χ2v) is 6.90. The Morgan fingerprint density at radius 2 is 1.54 bits per heavy atom. The summed E-state index contributed by atoms with van der Waals surface area (Å²) >= 11 is 0. The van der Waals surface area contributed by atoms with Gasteiger partial charge in [-0.15, -0.1) is 0 Å². The van der Waals surface area contributed by atoms with E-state index in [1.165, 1.54) is 16.8 Å². The molecule has 2 aromatic carbocycles. The van der Waals surface area contributed by atoms with E-state index in [9.17, 15) is 0 Å². The van der Waals surface area contributed by atoms with Gasteiger partial charge in [-0.3, -0.25) is 0 Å². The lowest BCUT2D eigenvalue weighted by molar-refractivity contribution is 0.866. The smallest absolute Gasteiger partial charge is 0.225 e. The lowest BCUT2D eigenvalue weighted by atomic mass is 10.1. The fraction of sp³-hybridized carbons (Fsp3) is 0.304. The summed E-state index contributed by atoms with van der Waals surface area (Å²) in [4.78, 5) is 11.4. The average Bonchev–Trinajstić information content (AvgIpc) is 2.69. The molecule has 5 heteroatoms. The van der Waals surface area contributed by atoms with Gasteiger partial charge in [0, 0.05) is 42.8 Å². The third-order valence-corrected chi connectivity index (χ3v) is 4.69. The van der Waals surface area contributed by atoms with Crippen LogP contribution in [-0.4, -0.2) is 23.1 Å². The number of hydrogen-bond donors (Lipinski definition) is 2. The van der Waals surface area contributed by atoms with Crippen molar-refractivity contribution >= 4 is 23.1 Å². The quantitative estimate of drug-likeness (QED) is 0.560. The molecule has 0 aliphatic heterocycles. The van der Waals surface area contributed by atoms with Crippen LogP contribution in [0, 0.1) is 13.8 Å². The number of nitrogens with zero attached hydrogens (tertiary/aromatic N) is 3. The number of hydrogen-bond acceptors (Lipinski definition) is 5. The first kappa shape index (κ1) is 19.7. The Kier molecular flexibility index (Phi) is 6.48. The van der Waals surface area contributed by atoms with Crippen LogP contribution in [-0.2, 0) is 6.54 Å². The highest BCUT2D eigenvalue weighted by Crippen LogP contribution is 2.21. The third-order valence-electron chi connectivity index (χ3n) is 4.69. The highest BCUT2D eigenvalue weighted by atomic mass is 15.1. The van der Waals surface area contributed by atoms with Crippen LogP contribution < -0.4 is 15.5 Å². The highest BCUT2D eigenvalue weighted by molar-refractivity contribution is 5.61. The minimum Gasteiger partial charge on any atom is -0.372 e. The van der Waals surface area contributed by atoms with Crippen LogP contribution >= 0.6 is 0 Å². The summed E-state index contributed by atoms with van der Waals surface area (Å²) in [6, 6.07) is 18.9. The Labute approximate surface area is 167 Å². The van der Waals surface area contributed by atoms with Gasteiger partial charge in [0.15, 0.2) is 0 Å². The van der Waals surface area contributed by atoms with Gasteiger partial charge in [-0.05, 0) is 57.5 Å². The van der Waals surface area contributed by atoms with E-state index >= 15 is 0 Å². The summed E-state index contributed by atoms with van der Waals surface area (Å²) in [5.74, 6) is 1.41. The Balaban J connectivity index is 1.68. The molecule has 0 bridgehead atoms. The number of nitrogens with one attached hydrogen (secondary N) is 2. The van der Waals surface area contributed by atoms with E-state index in [-0.39, 0.29) is 0 Å². The SMILES string of the molecule is CCN(CC)c1ccc(Nc2cc(C)nc(NCc3ccc(C)cc3)n2)cc1. The van der Waals surface area contributed by atoms with E-state index in [1.807, 2.05) is 13.0 Å². The van der Waals surface area contributed by atoms with Crippen molar-refractivity contribution in [3.63, 3.8) is 0 Å². The van der Waals surface area contributed by atoms with Crippen LogP contribution in [0.5, 0.6) is 0 Å². The van der Waals surface area contributed by atoms with Gasteiger partial charge in [-0.2, -0.15) is 4.98 Å². The van der Waals surface area contributed by atoms with Gasteiger partial charge in [-0.1, -0.05) is 29.8 Å². The molecule has 146 valence electrons. The molecular formula is C23H29N5. The molecule has 0 spiro atoms. The van der Waals surface area contributed by atoms with Crippen molar-refractivity contribution in [1.29, 1.82) is 0 Å². The minimum atomic E-state index is 0.628. The molecule has 0 saturated carbocycles. The topological polar surface area (TPSA) is 53.1 Å². The van der Waals surface area contributed by atoms with Crippen LogP contribution in [0.15, 0.2) is 54.6 Å². The zero-order valence-electron chi connectivity index (χ0n) is 17.2. The van der Waals surface area contributed by atoms with Gasteiger partial charge in [0.1, 0.15) is 5.82 Å². The molecule has 28 heavy (non-hydrogen) atoms. The van der Waals surface area contributed by atoms with Crippen molar-refractivity contribution in [3.05, 3.63) is 71.4 Å². The maximum atomic E-state index is 4.61. The normalized spacial score (nSPS) is 10.6. The number of aryl methyl sites for hydroxylation is 2. The summed E-state index contributed by atoms with van der Waals surface area (Å²) < 4.78 is 0. The van der Waals surface area contributed by atoms with Crippen LogP contribution in [0.4, 0.5) is 23.1 Å². The molecule has 3 rings (SSSR count). The molecule has 0 atom stereocenters. The van der Waals surface area contributed by atoms with Crippen molar-refractivity contribution in [3.8, 4) is 0 Å². The van der Waals surface area contributed by atoms with Crippen LogP contribution in [0.3, 0.4) is 0 Å². The molecule has 0 aliphatic carbocycles. The van der Waals surface area contributed by atoms with Crippen molar-refractivity contribution in [2.45, 2.75) is 34.2 Å². The van der Waals surface area contributed by atoms with Crippen molar-refractivity contribution in [2.75, 3.05) is 28.6 Å². The van der Waals surface area contributed by atoms with E-state index in [0.717, 1.165) is 30.3 Å². The average molecular weight is 376 g/mol. The van der Waals surface area contributed by atoms with Crippen molar-refractivity contribution < 1.29 is 0 Å². The molecular weight excluding hydrogens is 346 g/mol. The van der Waals surface area contributed by atoms with Gasteiger partial charge in [0.25, 0.3) is 0 Å². The summed E-state index contributed by atoms with van der Waals surface area (Å²) in [6.45, 7) is 11.1. The van der Waals surface area contributed by atoms with Crippen LogP contribution in [0.2, 0.25) is 0 Å². The van der Waals surface area contributed by atoms with E-state index in [0.29, 0.717) is 12.5 Å². The molecule has 1 heterocycles. The number of aromatic nitrogens is 2. The van der Waals surface area contributed by atoms with Crippen LogP contribution in [0.1, 0.15) is 30.7 Å². The standard InChI is InChI=1S/C23H29N5/c1-5-28(6-2)21-13-11-20(12-14-21)26-22-15-18(4)25-23(27-22)24-16-19-9-7-17(3)8-10-19/h7-15H,5-6,16H2,1-4H3,(H2,24,25,26,27). The third kappa shape index (κ3) is 5.22. The fourth-order valence-electron chi connectivity index (χ4n) is 3.09. The van der Waals surface area contributed by atoms with E-state index < -0.39 is 0 Å². The zero-order valence-corrected chi connectivity index (χ0v) is 17.2. The molecule has 0 fully saturated rings. The first-order valence-electron chi connectivity index (χ1n) is 9.84. The van der Waals surface area contributed by atoms with Crippen molar-refractivity contribution in [2.24, 2.45) is 0 Å². The first-order chi connectivity index (χ1) is 13.6. The second-order valence-electron chi connectivity index (χ2n) is 6.90. The number of rotatable bonds is 8. The maximum Gasteiger partial charge on any atom is 0.225 e. The molecule has 0 aliphatic rings. The lowest BCUT2D eigenvalue weighted by Crippen LogP contribution is -2.21. The Hall–Kier alpha value is -3.08. The lowest BCUT2D eigenvalue weighted by Gasteiger charge is -2.21. The van der Waals surface area contributed by atoms with Crippen LogP contribution in [0.25, 0.3) is 0 Å². The maximum absolute atomic E-state index is 4.61. The molecule has 0 saturated heterocycles. The molecule has 2 N–H and O–H groups in total. The summed E-state index contributed by atoms with van der Waals surface area (Å²) in [5, 5.41) is 6.70. The Morgan fingerprint density at radius 3 is 2.18 bits per heavy atom. The minimum absolute atomic E-state index is 0.628. The Bertz CT molecular complexity index is 884. The monoisotopic (exact) mass is 375 g/mol. The molecule has 0 radical (unpaired) electrons. The molecule has 3 aromatic rings. The number of anilines is 4. The summed E-state index contributed by atoms with van der Waals surface area (Å²) in [6.07, 6.45) is 0. The second kappa shape index (κ2) is 9.22. The van der Waals surface area contributed by atoms with E-state index in [4.69, 9.17) is 0 Å². The fourth-order valence-corrected chi connectivity index (χ4v) is 3.09. The predicted octanol–water partition coefficient (Wildman–Crippen LogP) is 5.30. The van der Waals surface area contributed by atoms with Gasteiger partial charge >= 0.3 is 0 Å². The Morgan fingerprint density at radius 1 is 0.857 bits per heavy atom. The molecule has 0 unspecified atom stereocenters. The first-order valence-corrected chi connectivity index (χ1v) is 9.84. The van der Waals surface area contributed by atoms with Gasteiger partial charge in [-0.25, -0.2) is 4.98 Å². The molecule has 0 amide bonds. The van der Waals surface area contributed by atoms with Gasteiger partial charge in [0.05, 0.1) is 0 Å².